The molecular weight excluding hydrogens is 512 g/mol. The average molecular weight is 545 g/mol. The van der Waals surface area contributed by atoms with Gasteiger partial charge in [0.05, 0.1) is 29.8 Å². The van der Waals surface area contributed by atoms with Crippen LogP contribution in [0.15, 0.2) is 120 Å². The second-order valence-corrected chi connectivity index (χ2v) is 12.0. The second kappa shape index (κ2) is 9.93. The van der Waals surface area contributed by atoms with Gasteiger partial charge < -0.3 is 9.80 Å². The van der Waals surface area contributed by atoms with Crippen LogP contribution in [0, 0.1) is 28.6 Å². The molecule has 4 aliphatic carbocycles. The van der Waals surface area contributed by atoms with E-state index in [1.54, 1.807) is 5.57 Å². The van der Waals surface area contributed by atoms with Crippen molar-refractivity contribution >= 4 is 16.9 Å². The van der Waals surface area contributed by atoms with Crippen LogP contribution in [0.5, 0.6) is 0 Å². The van der Waals surface area contributed by atoms with Crippen LogP contribution in [0.4, 0.5) is 11.4 Å². The Balaban J connectivity index is 1.23. The van der Waals surface area contributed by atoms with Gasteiger partial charge >= 0.3 is 0 Å². The fourth-order valence-corrected chi connectivity index (χ4v) is 8.11. The molecule has 2 heterocycles. The van der Waals surface area contributed by atoms with E-state index in [9.17, 15) is 10.5 Å². The minimum Gasteiger partial charge on any atom is -0.337 e. The van der Waals surface area contributed by atoms with Crippen LogP contribution in [0.2, 0.25) is 0 Å². The van der Waals surface area contributed by atoms with E-state index in [0.717, 1.165) is 49.0 Å². The first-order valence-corrected chi connectivity index (χ1v) is 15.2. The molecule has 2 aromatic carbocycles. The normalized spacial score (nSPS) is 26.9. The van der Waals surface area contributed by atoms with Gasteiger partial charge in [-0.1, -0.05) is 66.8 Å². The first kappa shape index (κ1) is 25.0. The smallest absolute Gasteiger partial charge is 0.0998 e. The lowest BCUT2D eigenvalue weighted by atomic mass is 9.83. The highest BCUT2D eigenvalue weighted by molar-refractivity contribution is 5.84. The van der Waals surface area contributed by atoms with Crippen molar-refractivity contribution in [1.29, 1.82) is 10.5 Å². The van der Waals surface area contributed by atoms with Crippen molar-refractivity contribution in [2.24, 2.45) is 5.92 Å². The minimum absolute atomic E-state index is 0.0734. The third kappa shape index (κ3) is 3.72. The maximum atomic E-state index is 10.5. The average Bonchev–Trinajstić information content (AvgIpc) is 3.57. The zero-order valence-corrected chi connectivity index (χ0v) is 23.6. The highest BCUT2D eigenvalue weighted by Crippen LogP contribution is 2.50. The summed E-state index contributed by atoms with van der Waals surface area (Å²) in [6, 6.07) is 20.2. The van der Waals surface area contributed by atoms with Gasteiger partial charge in [-0.3, -0.25) is 0 Å². The van der Waals surface area contributed by atoms with Crippen molar-refractivity contribution in [2.75, 3.05) is 4.90 Å². The van der Waals surface area contributed by atoms with Crippen molar-refractivity contribution in [1.82, 2.24) is 4.90 Å². The number of allylic oxidation sites excluding steroid dienone is 9. The van der Waals surface area contributed by atoms with E-state index in [1.165, 1.54) is 29.0 Å². The van der Waals surface area contributed by atoms with Crippen molar-refractivity contribution in [3.8, 4) is 12.1 Å². The molecule has 0 amide bonds. The molecule has 4 unspecified atom stereocenters. The molecule has 204 valence electrons. The summed E-state index contributed by atoms with van der Waals surface area (Å²) in [5.74, 6) is 0.703. The highest BCUT2D eigenvalue weighted by atomic mass is 15.2. The van der Waals surface area contributed by atoms with Crippen LogP contribution in [0.3, 0.4) is 0 Å². The minimum atomic E-state index is 0.0734. The van der Waals surface area contributed by atoms with Crippen LogP contribution in [-0.2, 0) is 0 Å². The Morgan fingerprint density at radius 3 is 2.57 bits per heavy atom. The molecule has 0 radical (unpaired) electrons. The molecule has 6 aliphatic rings. The molecule has 42 heavy (non-hydrogen) atoms. The zero-order chi connectivity index (χ0) is 28.2. The summed E-state index contributed by atoms with van der Waals surface area (Å²) in [4.78, 5) is 4.95. The standard InChI is InChI=1S/C38H32N4/c39-23-25-17-20-38-33(21-25)32-12-4-5-13-34(32)41(38)27-18-19-28(26(22-27)24-40)29-9-1-6-14-35(29)42-36-15-7-2-10-30(36)31-11-3-8-16-37(31)42/h1,4-5,7-9,12-13,15-22,30,33,36,38H,2-3,6,10-11,14H2. The summed E-state index contributed by atoms with van der Waals surface area (Å²) in [6.07, 6.45) is 26.8. The van der Waals surface area contributed by atoms with Crippen molar-refractivity contribution in [3.05, 3.63) is 136 Å². The first-order chi connectivity index (χ1) is 20.8. The Bertz CT molecular complexity index is 1800. The van der Waals surface area contributed by atoms with Crippen LogP contribution in [-0.4, -0.2) is 17.0 Å². The molecule has 8 rings (SSSR count). The van der Waals surface area contributed by atoms with Crippen LogP contribution in [0.25, 0.3) is 5.57 Å². The summed E-state index contributed by atoms with van der Waals surface area (Å²) >= 11 is 0. The molecule has 4 heteroatoms. The summed E-state index contributed by atoms with van der Waals surface area (Å²) in [5, 5.41) is 20.1. The monoisotopic (exact) mass is 544 g/mol. The number of hydrogen-bond acceptors (Lipinski definition) is 4. The van der Waals surface area contributed by atoms with E-state index >= 15 is 0 Å². The molecule has 0 fully saturated rings. The lowest BCUT2D eigenvalue weighted by molar-refractivity contribution is 0.318. The molecule has 0 N–H and O–H groups in total. The summed E-state index contributed by atoms with van der Waals surface area (Å²) in [5.41, 5.74) is 11.3. The van der Waals surface area contributed by atoms with Gasteiger partial charge in [-0.25, -0.2) is 0 Å². The quantitative estimate of drug-likeness (QED) is 0.364. The van der Waals surface area contributed by atoms with E-state index in [2.05, 4.69) is 113 Å². The Morgan fingerprint density at radius 2 is 1.67 bits per heavy atom. The summed E-state index contributed by atoms with van der Waals surface area (Å²) in [7, 11) is 0. The van der Waals surface area contributed by atoms with Crippen LogP contribution >= 0.6 is 0 Å². The SMILES string of the molecule is N#CC1=CC2c3ccccc3N(c3ccc(C4=C(N5C6=C(CCC=C6)C6CCC=CC65)CCC=C4)c(C#N)c3)C2C=C1. The number of nitriles is 2. The highest BCUT2D eigenvalue weighted by Gasteiger charge is 2.42. The number of nitrogens with zero attached hydrogens (tertiary/aromatic N) is 4. The Morgan fingerprint density at radius 1 is 0.786 bits per heavy atom. The van der Waals surface area contributed by atoms with Gasteiger partial charge in [0.1, 0.15) is 0 Å². The van der Waals surface area contributed by atoms with Crippen molar-refractivity contribution in [3.63, 3.8) is 0 Å². The third-order valence-electron chi connectivity index (χ3n) is 9.89. The number of para-hydroxylation sites is 1. The zero-order valence-electron chi connectivity index (χ0n) is 23.6. The number of benzene rings is 2. The first-order valence-electron chi connectivity index (χ1n) is 15.2. The number of hydrogen-bond donors (Lipinski definition) is 0. The third-order valence-corrected chi connectivity index (χ3v) is 9.89. The van der Waals surface area contributed by atoms with Crippen molar-refractivity contribution in [2.45, 2.75) is 56.5 Å². The lowest BCUT2D eigenvalue weighted by Crippen LogP contribution is -2.34. The molecular formula is C38H32N4. The van der Waals surface area contributed by atoms with Gasteiger partial charge in [-0.15, -0.1) is 0 Å². The van der Waals surface area contributed by atoms with Crippen molar-refractivity contribution < 1.29 is 0 Å². The molecule has 0 bridgehead atoms. The number of anilines is 2. The van der Waals surface area contributed by atoms with E-state index in [-0.39, 0.29) is 12.0 Å². The molecule has 0 saturated heterocycles. The van der Waals surface area contributed by atoms with E-state index < -0.39 is 0 Å². The molecule has 0 aromatic heterocycles. The van der Waals surface area contributed by atoms with Gasteiger partial charge in [-0.05, 0) is 80.0 Å². The predicted molar refractivity (Wildman–Crippen MR) is 167 cm³/mol. The van der Waals surface area contributed by atoms with Gasteiger partial charge in [-0.2, -0.15) is 10.5 Å². The molecule has 4 atom stereocenters. The topological polar surface area (TPSA) is 54.1 Å². The fraction of sp³-hybridized carbons (Fsp3) is 0.263. The maximum absolute atomic E-state index is 10.5. The predicted octanol–water partition coefficient (Wildman–Crippen LogP) is 8.50. The van der Waals surface area contributed by atoms with E-state index in [0.29, 0.717) is 23.1 Å². The molecule has 2 aromatic rings. The molecule has 0 spiro atoms. The maximum Gasteiger partial charge on any atom is 0.0998 e. The van der Waals surface area contributed by atoms with Crippen LogP contribution in [0.1, 0.15) is 61.1 Å². The Labute approximate surface area is 247 Å². The largest absolute Gasteiger partial charge is 0.337 e. The number of fused-ring (bicyclic) bond motifs is 5. The molecule has 0 saturated carbocycles. The van der Waals surface area contributed by atoms with Crippen LogP contribution < -0.4 is 4.90 Å². The van der Waals surface area contributed by atoms with Gasteiger partial charge in [0.2, 0.25) is 0 Å². The summed E-state index contributed by atoms with van der Waals surface area (Å²) in [6.45, 7) is 0. The van der Waals surface area contributed by atoms with Gasteiger partial charge in [0, 0.05) is 51.3 Å². The van der Waals surface area contributed by atoms with Gasteiger partial charge in [0.15, 0.2) is 0 Å². The van der Waals surface area contributed by atoms with E-state index in [1.807, 2.05) is 6.08 Å². The molecule has 4 nitrogen and oxygen atoms in total. The summed E-state index contributed by atoms with van der Waals surface area (Å²) < 4.78 is 0. The second-order valence-electron chi connectivity index (χ2n) is 12.0. The fourth-order valence-electron chi connectivity index (χ4n) is 8.11. The Hall–Kier alpha value is -4.80. The lowest BCUT2D eigenvalue weighted by Gasteiger charge is -2.36. The number of rotatable bonds is 3. The van der Waals surface area contributed by atoms with E-state index in [4.69, 9.17) is 0 Å². The Kier molecular flexibility index (Phi) is 5.90. The molecule has 2 aliphatic heterocycles. The van der Waals surface area contributed by atoms with Gasteiger partial charge in [0.25, 0.3) is 0 Å².